The Morgan fingerprint density at radius 1 is 1.08 bits per heavy atom. The fourth-order valence-electron chi connectivity index (χ4n) is 2.34. The lowest BCUT2D eigenvalue weighted by atomic mass is 10.1. The Morgan fingerprint density at radius 3 is 2.54 bits per heavy atom. The van der Waals surface area contributed by atoms with E-state index >= 15 is 0 Å². The van der Waals surface area contributed by atoms with E-state index in [1.54, 1.807) is 24.3 Å². The summed E-state index contributed by atoms with van der Waals surface area (Å²) in [6.45, 7) is 7.17. The van der Waals surface area contributed by atoms with Crippen LogP contribution in [-0.4, -0.2) is 30.9 Å². The predicted octanol–water partition coefficient (Wildman–Crippen LogP) is 3.32. The van der Waals surface area contributed by atoms with E-state index in [-0.39, 0.29) is 24.4 Å². The van der Waals surface area contributed by atoms with Gasteiger partial charge in [-0.15, -0.1) is 0 Å². The molecule has 0 saturated carbocycles. The van der Waals surface area contributed by atoms with Crippen molar-refractivity contribution in [1.29, 1.82) is 0 Å². The van der Waals surface area contributed by atoms with E-state index in [1.165, 1.54) is 25.7 Å². The lowest BCUT2D eigenvalue weighted by Crippen LogP contribution is -2.30. The van der Waals surface area contributed by atoms with E-state index in [4.69, 9.17) is 0 Å². The molecule has 1 rings (SSSR count). The molecule has 1 aromatic rings. The van der Waals surface area contributed by atoms with Crippen molar-refractivity contribution in [1.82, 2.24) is 10.6 Å². The third-order valence-electron chi connectivity index (χ3n) is 3.57. The van der Waals surface area contributed by atoms with Crippen LogP contribution in [0.25, 0.3) is 0 Å². The minimum Gasteiger partial charge on any atom is -0.350 e. The average molecular weight is 333 g/mol. The van der Waals surface area contributed by atoms with Crippen molar-refractivity contribution in [3.8, 4) is 0 Å². The molecule has 134 valence electrons. The van der Waals surface area contributed by atoms with E-state index in [0.29, 0.717) is 11.3 Å². The van der Waals surface area contributed by atoms with Crippen LogP contribution in [0.15, 0.2) is 24.3 Å². The zero-order chi connectivity index (χ0) is 17.8. The number of nitrogens with one attached hydrogen (secondary N) is 3. The monoisotopic (exact) mass is 333 g/mol. The van der Waals surface area contributed by atoms with Gasteiger partial charge in [0.2, 0.25) is 5.91 Å². The zero-order valence-corrected chi connectivity index (χ0v) is 15.2. The molecular formula is C19H31N3O2. The molecule has 5 nitrogen and oxygen atoms in total. The molecular weight excluding hydrogens is 302 g/mol. The number of hydrogen-bond donors (Lipinski definition) is 3. The van der Waals surface area contributed by atoms with Crippen molar-refractivity contribution in [2.75, 3.05) is 18.4 Å². The van der Waals surface area contributed by atoms with E-state index in [9.17, 15) is 9.59 Å². The molecule has 24 heavy (non-hydrogen) atoms. The van der Waals surface area contributed by atoms with Crippen molar-refractivity contribution in [2.45, 2.75) is 58.9 Å². The first-order valence-corrected chi connectivity index (χ1v) is 8.94. The highest BCUT2D eigenvalue weighted by molar-refractivity contribution is 5.97. The molecule has 0 heterocycles. The Kier molecular flexibility index (Phi) is 9.77. The molecule has 0 atom stereocenters. The van der Waals surface area contributed by atoms with Crippen molar-refractivity contribution >= 4 is 17.5 Å². The third-order valence-corrected chi connectivity index (χ3v) is 3.57. The predicted molar refractivity (Wildman–Crippen MR) is 99.3 cm³/mol. The maximum Gasteiger partial charge on any atom is 0.251 e. The van der Waals surface area contributed by atoms with Gasteiger partial charge in [0, 0.05) is 17.3 Å². The van der Waals surface area contributed by atoms with Crippen molar-refractivity contribution < 1.29 is 9.59 Å². The van der Waals surface area contributed by atoms with Gasteiger partial charge in [0.25, 0.3) is 5.91 Å². The fourth-order valence-corrected chi connectivity index (χ4v) is 2.34. The molecule has 0 aliphatic carbocycles. The highest BCUT2D eigenvalue weighted by Gasteiger charge is 2.08. The minimum atomic E-state index is -0.133. The van der Waals surface area contributed by atoms with Gasteiger partial charge in [-0.2, -0.15) is 0 Å². The Morgan fingerprint density at radius 2 is 1.83 bits per heavy atom. The van der Waals surface area contributed by atoms with Gasteiger partial charge in [-0.05, 0) is 45.0 Å². The van der Waals surface area contributed by atoms with Gasteiger partial charge in [0.15, 0.2) is 0 Å². The van der Waals surface area contributed by atoms with Crippen LogP contribution in [0.2, 0.25) is 0 Å². The maximum atomic E-state index is 12.0. The zero-order valence-electron chi connectivity index (χ0n) is 15.2. The molecule has 2 amide bonds. The minimum absolute atomic E-state index is 0.0808. The van der Waals surface area contributed by atoms with E-state index in [0.717, 1.165) is 13.0 Å². The van der Waals surface area contributed by atoms with E-state index in [2.05, 4.69) is 22.9 Å². The van der Waals surface area contributed by atoms with E-state index in [1.807, 2.05) is 13.8 Å². The highest BCUT2D eigenvalue weighted by Crippen LogP contribution is 2.10. The quantitative estimate of drug-likeness (QED) is 0.544. The van der Waals surface area contributed by atoms with Gasteiger partial charge in [-0.1, -0.05) is 38.7 Å². The second kappa shape index (κ2) is 11.6. The molecule has 0 bridgehead atoms. The fraction of sp³-hybridized carbons (Fsp3) is 0.579. The third kappa shape index (κ3) is 8.67. The van der Waals surface area contributed by atoms with Gasteiger partial charge in [-0.25, -0.2) is 0 Å². The second-order valence-electron chi connectivity index (χ2n) is 6.35. The molecule has 1 aromatic carbocycles. The molecule has 3 N–H and O–H groups in total. The number of carbonyl (C=O) groups is 2. The first-order chi connectivity index (χ1) is 11.5. The number of hydrogen-bond acceptors (Lipinski definition) is 3. The van der Waals surface area contributed by atoms with Crippen LogP contribution in [0.3, 0.4) is 0 Å². The summed E-state index contributed by atoms with van der Waals surface area (Å²) in [7, 11) is 0. The number of amides is 2. The van der Waals surface area contributed by atoms with Crippen LogP contribution in [0.1, 0.15) is 63.2 Å². The van der Waals surface area contributed by atoms with Gasteiger partial charge in [0.05, 0.1) is 6.54 Å². The summed E-state index contributed by atoms with van der Waals surface area (Å²) < 4.78 is 0. The number of rotatable bonds is 11. The van der Waals surface area contributed by atoms with Gasteiger partial charge in [-0.3, -0.25) is 9.59 Å². The molecule has 0 fully saturated rings. The molecule has 0 radical (unpaired) electrons. The normalized spacial score (nSPS) is 10.7. The van der Waals surface area contributed by atoms with Crippen molar-refractivity contribution in [3.63, 3.8) is 0 Å². The maximum absolute atomic E-state index is 12.0. The van der Waals surface area contributed by atoms with Crippen molar-refractivity contribution in [3.05, 3.63) is 29.8 Å². The first-order valence-electron chi connectivity index (χ1n) is 8.94. The largest absolute Gasteiger partial charge is 0.350 e. The van der Waals surface area contributed by atoms with Gasteiger partial charge in [0.1, 0.15) is 0 Å². The van der Waals surface area contributed by atoms with Gasteiger partial charge < -0.3 is 16.0 Å². The van der Waals surface area contributed by atoms with Crippen LogP contribution in [0.4, 0.5) is 5.69 Å². The average Bonchev–Trinajstić information content (AvgIpc) is 2.53. The Hall–Kier alpha value is -1.88. The Labute approximate surface area is 145 Å². The Bertz CT molecular complexity index is 515. The lowest BCUT2D eigenvalue weighted by molar-refractivity contribution is -0.115. The smallest absolute Gasteiger partial charge is 0.251 e. The molecule has 0 spiro atoms. The van der Waals surface area contributed by atoms with Crippen LogP contribution in [0.5, 0.6) is 0 Å². The molecule has 0 saturated heterocycles. The summed E-state index contributed by atoms with van der Waals surface area (Å²) in [5, 5.41) is 8.81. The number of carbonyl (C=O) groups excluding carboxylic acids is 2. The van der Waals surface area contributed by atoms with Crippen molar-refractivity contribution in [2.24, 2.45) is 0 Å². The molecule has 0 aromatic heterocycles. The first kappa shape index (κ1) is 20.2. The van der Waals surface area contributed by atoms with E-state index < -0.39 is 0 Å². The summed E-state index contributed by atoms with van der Waals surface area (Å²) >= 11 is 0. The summed E-state index contributed by atoms with van der Waals surface area (Å²) in [5.41, 5.74) is 1.19. The summed E-state index contributed by atoms with van der Waals surface area (Å²) in [6.07, 6.45) is 6.08. The second-order valence-corrected chi connectivity index (χ2v) is 6.35. The molecule has 0 unspecified atom stereocenters. The number of benzene rings is 1. The summed E-state index contributed by atoms with van der Waals surface area (Å²) in [4.78, 5) is 23.9. The number of anilines is 1. The Balaban J connectivity index is 2.32. The summed E-state index contributed by atoms with van der Waals surface area (Å²) in [5.74, 6) is -0.226. The van der Waals surface area contributed by atoms with Gasteiger partial charge >= 0.3 is 0 Å². The molecule has 0 aliphatic rings. The van der Waals surface area contributed by atoms with Crippen LogP contribution in [0, 0.1) is 0 Å². The SMILES string of the molecule is CCCCCCCNCC(=O)Nc1cccc(C(=O)NC(C)C)c1. The summed E-state index contributed by atoms with van der Waals surface area (Å²) in [6, 6.07) is 7.07. The molecule has 0 aliphatic heterocycles. The van der Waals surface area contributed by atoms with Crippen LogP contribution < -0.4 is 16.0 Å². The topological polar surface area (TPSA) is 70.2 Å². The highest BCUT2D eigenvalue weighted by atomic mass is 16.2. The molecule has 5 heteroatoms. The standard InChI is InChI=1S/C19H31N3O2/c1-4-5-6-7-8-12-20-14-18(23)22-17-11-9-10-16(13-17)19(24)21-15(2)3/h9-11,13,15,20H,4-8,12,14H2,1-3H3,(H,21,24)(H,22,23). The van der Waals surface area contributed by atoms with Crippen LogP contribution >= 0.6 is 0 Å². The van der Waals surface area contributed by atoms with Crippen LogP contribution in [-0.2, 0) is 4.79 Å². The number of unbranched alkanes of at least 4 members (excludes halogenated alkanes) is 4. The lowest BCUT2D eigenvalue weighted by Gasteiger charge is -2.10.